The average Bonchev–Trinajstić information content (AvgIpc) is 2.35. The molecule has 0 aliphatic carbocycles. The van der Waals surface area contributed by atoms with E-state index in [1.807, 2.05) is 20.0 Å². The molecule has 0 saturated heterocycles. The fourth-order valence-electron chi connectivity index (χ4n) is 1.10. The predicted octanol–water partition coefficient (Wildman–Crippen LogP) is 1.26. The number of nitrogens with zero attached hydrogens (tertiary/aromatic N) is 3. The van der Waals surface area contributed by atoms with Crippen molar-refractivity contribution >= 4 is 23.5 Å². The number of hydrogen-bond donors (Lipinski definition) is 1. The monoisotopic (exact) mass is 254 g/mol. The van der Waals surface area contributed by atoms with E-state index in [2.05, 4.69) is 15.3 Å². The Morgan fingerprint density at radius 1 is 1.47 bits per heavy atom. The van der Waals surface area contributed by atoms with Gasteiger partial charge in [-0.3, -0.25) is 4.79 Å². The third-order valence-corrected chi connectivity index (χ3v) is 3.06. The van der Waals surface area contributed by atoms with Gasteiger partial charge in [0.15, 0.2) is 0 Å². The lowest BCUT2D eigenvalue weighted by Gasteiger charge is -2.10. The molecule has 1 N–H and O–H groups in total. The van der Waals surface area contributed by atoms with Crippen molar-refractivity contribution in [1.82, 2.24) is 14.9 Å². The highest BCUT2D eigenvalue weighted by molar-refractivity contribution is 7.99. The number of anilines is 1. The second-order valence-electron chi connectivity index (χ2n) is 3.69. The number of rotatable bonds is 5. The lowest BCUT2D eigenvalue weighted by molar-refractivity contribution is -0.125. The Bertz CT molecular complexity index is 373. The Hall–Kier alpha value is -1.30. The quantitative estimate of drug-likeness (QED) is 0.633. The minimum Gasteiger partial charge on any atom is -0.373 e. The van der Waals surface area contributed by atoms with Crippen LogP contribution in [0, 0.1) is 0 Å². The molecule has 17 heavy (non-hydrogen) atoms. The molecule has 1 heterocycles. The first kappa shape index (κ1) is 13.8. The Labute approximate surface area is 106 Å². The van der Waals surface area contributed by atoms with E-state index in [4.69, 9.17) is 0 Å². The molecule has 0 bridgehead atoms. The molecule has 0 fully saturated rings. The summed E-state index contributed by atoms with van der Waals surface area (Å²) in [7, 11) is 5.32. The second kappa shape index (κ2) is 6.44. The zero-order valence-corrected chi connectivity index (χ0v) is 11.5. The highest BCUT2D eigenvalue weighted by atomic mass is 32.2. The number of hydrogen-bond acceptors (Lipinski definition) is 5. The maximum atomic E-state index is 11.5. The maximum absolute atomic E-state index is 11.5. The first-order chi connectivity index (χ1) is 8.06. The number of nitrogens with one attached hydrogen (secondary N) is 1. The fraction of sp³-hybridized carbons (Fsp3) is 0.545. The van der Waals surface area contributed by atoms with Gasteiger partial charge in [0, 0.05) is 33.6 Å². The van der Waals surface area contributed by atoms with Crippen molar-refractivity contribution in [2.75, 3.05) is 32.2 Å². The molecule has 0 atom stereocenters. The zero-order chi connectivity index (χ0) is 12.8. The van der Waals surface area contributed by atoms with Gasteiger partial charge >= 0.3 is 0 Å². The molecule has 0 saturated carbocycles. The molecule has 0 unspecified atom stereocenters. The van der Waals surface area contributed by atoms with Gasteiger partial charge in [-0.05, 0) is 0 Å². The van der Waals surface area contributed by atoms with Crippen LogP contribution in [0.25, 0.3) is 0 Å². The highest BCUT2D eigenvalue weighted by Crippen LogP contribution is 2.18. The van der Waals surface area contributed by atoms with E-state index in [1.54, 1.807) is 19.0 Å². The van der Waals surface area contributed by atoms with Crippen molar-refractivity contribution in [3.05, 3.63) is 11.9 Å². The third-order valence-electron chi connectivity index (χ3n) is 2.16. The van der Waals surface area contributed by atoms with E-state index in [1.165, 1.54) is 11.8 Å². The molecule has 1 aromatic heterocycles. The van der Waals surface area contributed by atoms with Gasteiger partial charge < -0.3 is 10.2 Å². The van der Waals surface area contributed by atoms with Crippen LogP contribution in [0.2, 0.25) is 0 Å². The van der Waals surface area contributed by atoms with Gasteiger partial charge in [-0.15, -0.1) is 0 Å². The summed E-state index contributed by atoms with van der Waals surface area (Å²) >= 11 is 1.43. The van der Waals surface area contributed by atoms with Gasteiger partial charge in [-0.2, -0.15) is 0 Å². The second-order valence-corrected chi connectivity index (χ2v) is 4.68. The Kier molecular flexibility index (Phi) is 5.21. The van der Waals surface area contributed by atoms with Crippen LogP contribution < -0.4 is 5.32 Å². The van der Waals surface area contributed by atoms with Crippen LogP contribution in [0.1, 0.15) is 12.7 Å². The van der Waals surface area contributed by atoms with Crippen LogP contribution in [-0.4, -0.2) is 47.7 Å². The van der Waals surface area contributed by atoms with E-state index in [-0.39, 0.29) is 5.91 Å². The third kappa shape index (κ3) is 4.22. The van der Waals surface area contributed by atoms with E-state index in [0.717, 1.165) is 23.1 Å². The van der Waals surface area contributed by atoms with E-state index >= 15 is 0 Å². The van der Waals surface area contributed by atoms with Crippen molar-refractivity contribution in [1.29, 1.82) is 0 Å². The molecule has 1 aromatic rings. The number of aromatic nitrogens is 2. The molecule has 0 radical (unpaired) electrons. The van der Waals surface area contributed by atoms with Crippen LogP contribution in [0.3, 0.4) is 0 Å². The molecule has 5 nitrogen and oxygen atoms in total. The normalized spacial score (nSPS) is 10.1. The molecule has 0 aliphatic heterocycles. The maximum Gasteiger partial charge on any atom is 0.232 e. The minimum atomic E-state index is 0.0812. The molecule has 0 aliphatic rings. The number of aryl methyl sites for hydroxylation is 1. The molecule has 6 heteroatoms. The number of amides is 1. The Morgan fingerprint density at radius 3 is 2.71 bits per heavy atom. The van der Waals surface area contributed by atoms with Crippen molar-refractivity contribution in [3.63, 3.8) is 0 Å². The smallest absolute Gasteiger partial charge is 0.232 e. The molecule has 1 amide bonds. The summed E-state index contributed by atoms with van der Waals surface area (Å²) < 4.78 is 0. The Morgan fingerprint density at radius 2 is 2.18 bits per heavy atom. The molecular weight excluding hydrogens is 236 g/mol. The summed E-state index contributed by atoms with van der Waals surface area (Å²) in [4.78, 5) is 21.7. The SMILES string of the molecule is CCc1nc(NC)cc(SCC(=O)N(C)C)n1. The summed E-state index contributed by atoms with van der Waals surface area (Å²) in [5.74, 6) is 2.06. The molecule has 1 rings (SSSR count). The minimum absolute atomic E-state index is 0.0812. The van der Waals surface area contributed by atoms with Crippen LogP contribution in [0.15, 0.2) is 11.1 Å². The lowest BCUT2D eigenvalue weighted by Crippen LogP contribution is -2.23. The Balaban J connectivity index is 2.73. The average molecular weight is 254 g/mol. The van der Waals surface area contributed by atoms with Crippen molar-refractivity contribution in [2.45, 2.75) is 18.4 Å². The highest BCUT2D eigenvalue weighted by Gasteiger charge is 2.08. The first-order valence-corrected chi connectivity index (χ1v) is 6.44. The lowest BCUT2D eigenvalue weighted by atomic mass is 10.4. The molecule has 94 valence electrons. The molecule has 0 spiro atoms. The summed E-state index contributed by atoms with van der Waals surface area (Å²) in [6, 6.07) is 1.85. The van der Waals surface area contributed by atoms with Crippen LogP contribution >= 0.6 is 11.8 Å². The van der Waals surface area contributed by atoms with Crippen molar-refractivity contribution in [3.8, 4) is 0 Å². The standard InChI is InChI=1S/C11H18N4OS/c1-5-8-13-9(12-2)6-10(14-8)17-7-11(16)15(3)4/h6H,5,7H2,1-4H3,(H,12,13,14). The van der Waals surface area contributed by atoms with E-state index in [0.29, 0.717) is 5.75 Å². The van der Waals surface area contributed by atoms with Gasteiger partial charge in [0.25, 0.3) is 0 Å². The van der Waals surface area contributed by atoms with Crippen molar-refractivity contribution < 1.29 is 4.79 Å². The molecule has 0 aromatic carbocycles. The number of carbonyl (C=O) groups is 1. The van der Waals surface area contributed by atoms with E-state index < -0.39 is 0 Å². The van der Waals surface area contributed by atoms with Gasteiger partial charge in [0.1, 0.15) is 16.7 Å². The largest absolute Gasteiger partial charge is 0.373 e. The summed E-state index contributed by atoms with van der Waals surface area (Å²) in [6.45, 7) is 2.01. The topological polar surface area (TPSA) is 58.1 Å². The van der Waals surface area contributed by atoms with Crippen LogP contribution in [0.5, 0.6) is 0 Å². The van der Waals surface area contributed by atoms with Crippen LogP contribution in [-0.2, 0) is 11.2 Å². The van der Waals surface area contributed by atoms with Crippen LogP contribution in [0.4, 0.5) is 5.82 Å². The van der Waals surface area contributed by atoms with Gasteiger partial charge in [0.2, 0.25) is 5.91 Å². The summed E-state index contributed by atoms with van der Waals surface area (Å²) in [5.41, 5.74) is 0. The summed E-state index contributed by atoms with van der Waals surface area (Å²) in [6.07, 6.45) is 0.782. The van der Waals surface area contributed by atoms with Crippen molar-refractivity contribution in [2.24, 2.45) is 0 Å². The number of thioether (sulfide) groups is 1. The first-order valence-electron chi connectivity index (χ1n) is 5.45. The van der Waals surface area contributed by atoms with Gasteiger partial charge in [-0.25, -0.2) is 9.97 Å². The molecular formula is C11H18N4OS. The number of carbonyl (C=O) groups excluding carboxylic acids is 1. The van der Waals surface area contributed by atoms with E-state index in [9.17, 15) is 4.79 Å². The zero-order valence-electron chi connectivity index (χ0n) is 10.6. The van der Waals surface area contributed by atoms with Gasteiger partial charge in [-0.1, -0.05) is 18.7 Å². The summed E-state index contributed by atoms with van der Waals surface area (Å²) in [5, 5.41) is 3.82. The van der Waals surface area contributed by atoms with Gasteiger partial charge in [0.05, 0.1) is 5.75 Å². The fourth-order valence-corrected chi connectivity index (χ4v) is 1.99. The predicted molar refractivity (Wildman–Crippen MR) is 70.4 cm³/mol.